The van der Waals surface area contributed by atoms with Gasteiger partial charge < -0.3 is 14.8 Å². The molecule has 1 spiro atoms. The zero-order valence-electron chi connectivity index (χ0n) is 17.0. The lowest BCUT2D eigenvalue weighted by molar-refractivity contribution is -0.0312. The van der Waals surface area contributed by atoms with Crippen molar-refractivity contribution >= 4 is 10.0 Å². The first-order valence-corrected chi connectivity index (χ1v) is 12.0. The molecule has 3 heterocycles. The molecular weight excluding hydrogens is 409 g/mol. The summed E-state index contributed by atoms with van der Waals surface area (Å²) >= 11 is 0. The second-order valence-corrected chi connectivity index (χ2v) is 10.5. The SMILES string of the molecule is N#Cc1cc(F)cc(S(=O)(=O)N2CCC3(CC2)CC(NCC2CCOCC2)CO3)c1. The number of piperidine rings is 1. The van der Waals surface area contributed by atoms with Gasteiger partial charge in [0.05, 0.1) is 28.7 Å². The molecule has 3 saturated heterocycles. The van der Waals surface area contributed by atoms with Gasteiger partial charge in [0.25, 0.3) is 0 Å². The van der Waals surface area contributed by atoms with Gasteiger partial charge >= 0.3 is 0 Å². The zero-order chi connectivity index (χ0) is 21.2. The van der Waals surface area contributed by atoms with E-state index in [2.05, 4.69) is 5.32 Å². The normalized spacial score (nSPS) is 25.4. The maximum absolute atomic E-state index is 13.7. The van der Waals surface area contributed by atoms with E-state index >= 15 is 0 Å². The van der Waals surface area contributed by atoms with Crippen molar-refractivity contribution in [1.82, 2.24) is 9.62 Å². The largest absolute Gasteiger partial charge is 0.381 e. The van der Waals surface area contributed by atoms with Gasteiger partial charge in [-0.3, -0.25) is 0 Å². The summed E-state index contributed by atoms with van der Waals surface area (Å²) in [5, 5.41) is 12.6. The summed E-state index contributed by atoms with van der Waals surface area (Å²) in [5.41, 5.74) is -0.293. The molecule has 0 aliphatic carbocycles. The molecule has 3 fully saturated rings. The average Bonchev–Trinajstić information content (AvgIpc) is 3.15. The van der Waals surface area contributed by atoms with Crippen LogP contribution in [0.1, 0.15) is 37.7 Å². The van der Waals surface area contributed by atoms with E-state index in [0.29, 0.717) is 38.5 Å². The number of halogens is 1. The molecule has 30 heavy (non-hydrogen) atoms. The minimum Gasteiger partial charge on any atom is -0.381 e. The third-order valence-corrected chi connectivity index (χ3v) is 8.39. The predicted molar refractivity (Wildman–Crippen MR) is 108 cm³/mol. The van der Waals surface area contributed by atoms with Crippen LogP contribution in [0.2, 0.25) is 0 Å². The fourth-order valence-electron chi connectivity index (χ4n) is 4.67. The Kier molecular flexibility index (Phi) is 6.42. The molecule has 1 atom stereocenters. The standard InChI is InChI=1S/C21H28FN3O4S/c22-18-9-17(13-23)10-20(11-18)30(26,27)25-5-3-21(4-6-25)12-19(15-29-21)24-14-16-1-7-28-8-2-16/h9-11,16,19,24H,1-8,12,14-15H2. The van der Waals surface area contributed by atoms with E-state index in [-0.39, 0.29) is 22.1 Å². The second-order valence-electron chi connectivity index (χ2n) is 8.55. The first-order valence-electron chi connectivity index (χ1n) is 10.6. The number of ether oxygens (including phenoxy) is 2. The molecule has 3 aliphatic rings. The van der Waals surface area contributed by atoms with E-state index in [0.717, 1.165) is 51.2 Å². The van der Waals surface area contributed by atoms with E-state index in [1.54, 1.807) is 6.07 Å². The smallest absolute Gasteiger partial charge is 0.243 e. The van der Waals surface area contributed by atoms with Crippen LogP contribution < -0.4 is 5.32 Å². The van der Waals surface area contributed by atoms with Crippen LogP contribution in [0.4, 0.5) is 4.39 Å². The first kappa shape index (κ1) is 21.7. The summed E-state index contributed by atoms with van der Waals surface area (Å²) in [4.78, 5) is -0.168. The molecule has 9 heteroatoms. The summed E-state index contributed by atoms with van der Waals surface area (Å²) in [6.07, 6.45) is 4.28. The highest BCUT2D eigenvalue weighted by Crippen LogP contribution is 2.37. The van der Waals surface area contributed by atoms with Crippen LogP contribution in [0.25, 0.3) is 0 Å². The Morgan fingerprint density at radius 2 is 1.97 bits per heavy atom. The van der Waals surface area contributed by atoms with Crippen molar-refractivity contribution < 1.29 is 22.3 Å². The lowest BCUT2D eigenvalue weighted by atomic mass is 9.88. The van der Waals surface area contributed by atoms with Crippen molar-refractivity contribution in [2.75, 3.05) is 39.5 Å². The second kappa shape index (κ2) is 8.89. The topological polar surface area (TPSA) is 91.7 Å². The van der Waals surface area contributed by atoms with Gasteiger partial charge in [-0.25, -0.2) is 12.8 Å². The number of rotatable bonds is 5. The molecule has 0 bridgehead atoms. The highest BCUT2D eigenvalue weighted by molar-refractivity contribution is 7.89. The van der Waals surface area contributed by atoms with Crippen LogP contribution in [-0.2, 0) is 19.5 Å². The van der Waals surface area contributed by atoms with Gasteiger partial charge in [-0.05, 0) is 62.8 Å². The lowest BCUT2D eigenvalue weighted by Crippen LogP contribution is -2.47. The van der Waals surface area contributed by atoms with Crippen molar-refractivity contribution in [2.45, 2.75) is 48.6 Å². The highest BCUT2D eigenvalue weighted by Gasteiger charge is 2.44. The fourth-order valence-corrected chi connectivity index (χ4v) is 6.17. The summed E-state index contributed by atoms with van der Waals surface area (Å²) < 4.78 is 52.5. The average molecular weight is 438 g/mol. The van der Waals surface area contributed by atoms with E-state index in [9.17, 15) is 12.8 Å². The number of benzene rings is 1. The summed E-state index contributed by atoms with van der Waals surface area (Å²) in [5.74, 6) is -0.0782. The van der Waals surface area contributed by atoms with E-state index < -0.39 is 15.8 Å². The van der Waals surface area contributed by atoms with Crippen molar-refractivity contribution in [2.24, 2.45) is 5.92 Å². The van der Waals surface area contributed by atoms with E-state index in [1.165, 1.54) is 10.4 Å². The Hall–Kier alpha value is -1.57. The van der Waals surface area contributed by atoms with Crippen molar-refractivity contribution in [3.63, 3.8) is 0 Å². The van der Waals surface area contributed by atoms with Crippen molar-refractivity contribution in [3.8, 4) is 6.07 Å². The summed E-state index contributed by atoms with van der Waals surface area (Å²) in [7, 11) is -3.84. The monoisotopic (exact) mass is 437 g/mol. The molecule has 4 rings (SSSR count). The number of nitriles is 1. The van der Waals surface area contributed by atoms with Crippen LogP contribution >= 0.6 is 0 Å². The Morgan fingerprint density at radius 1 is 1.23 bits per heavy atom. The Labute approximate surface area is 177 Å². The van der Waals surface area contributed by atoms with Gasteiger partial charge in [0, 0.05) is 32.3 Å². The van der Waals surface area contributed by atoms with Crippen LogP contribution in [0.5, 0.6) is 0 Å². The van der Waals surface area contributed by atoms with E-state index in [4.69, 9.17) is 14.7 Å². The minimum absolute atomic E-state index is 0.000347. The molecule has 1 N–H and O–H groups in total. The molecular formula is C21H28FN3O4S. The fraction of sp³-hybridized carbons (Fsp3) is 0.667. The Balaban J connectivity index is 1.33. The van der Waals surface area contributed by atoms with Crippen LogP contribution in [0.15, 0.2) is 23.1 Å². The van der Waals surface area contributed by atoms with Crippen molar-refractivity contribution in [1.29, 1.82) is 5.26 Å². The molecule has 1 unspecified atom stereocenters. The zero-order valence-corrected chi connectivity index (χ0v) is 17.8. The third-order valence-electron chi connectivity index (χ3n) is 6.52. The van der Waals surface area contributed by atoms with Crippen LogP contribution in [0, 0.1) is 23.1 Å². The number of nitrogens with zero attached hydrogens (tertiary/aromatic N) is 2. The van der Waals surface area contributed by atoms with Gasteiger partial charge in [-0.1, -0.05) is 0 Å². The molecule has 0 aromatic heterocycles. The molecule has 1 aromatic rings. The highest BCUT2D eigenvalue weighted by atomic mass is 32.2. The quantitative estimate of drug-likeness (QED) is 0.758. The summed E-state index contributed by atoms with van der Waals surface area (Å²) in [6.45, 7) is 3.94. The molecule has 0 radical (unpaired) electrons. The number of nitrogens with one attached hydrogen (secondary N) is 1. The molecule has 164 valence electrons. The maximum atomic E-state index is 13.7. The number of hydrogen-bond donors (Lipinski definition) is 1. The van der Waals surface area contributed by atoms with Gasteiger partial charge in [0.15, 0.2) is 0 Å². The van der Waals surface area contributed by atoms with Crippen LogP contribution in [0.3, 0.4) is 0 Å². The predicted octanol–water partition coefficient (Wildman–Crippen LogP) is 2.03. The van der Waals surface area contributed by atoms with E-state index in [1.807, 2.05) is 0 Å². The van der Waals surface area contributed by atoms with Gasteiger partial charge in [0.2, 0.25) is 10.0 Å². The minimum atomic E-state index is -3.84. The maximum Gasteiger partial charge on any atom is 0.243 e. The molecule has 7 nitrogen and oxygen atoms in total. The molecule has 0 saturated carbocycles. The van der Waals surface area contributed by atoms with Gasteiger partial charge in [-0.15, -0.1) is 0 Å². The number of sulfonamides is 1. The molecule has 1 aromatic carbocycles. The molecule has 0 amide bonds. The Morgan fingerprint density at radius 3 is 2.67 bits per heavy atom. The van der Waals surface area contributed by atoms with Gasteiger partial charge in [-0.2, -0.15) is 9.57 Å². The summed E-state index contributed by atoms with van der Waals surface area (Å²) in [6, 6.07) is 5.33. The Bertz CT molecular complexity index is 903. The lowest BCUT2D eigenvalue weighted by Gasteiger charge is -2.38. The van der Waals surface area contributed by atoms with Gasteiger partial charge in [0.1, 0.15) is 5.82 Å². The van der Waals surface area contributed by atoms with Crippen molar-refractivity contribution in [3.05, 3.63) is 29.6 Å². The molecule has 3 aliphatic heterocycles. The third kappa shape index (κ3) is 4.68. The van der Waals surface area contributed by atoms with Crippen LogP contribution in [-0.4, -0.2) is 63.8 Å². The first-order chi connectivity index (χ1) is 14.4. The number of hydrogen-bond acceptors (Lipinski definition) is 6.